The molecule has 250 valence electrons. The predicted octanol–water partition coefficient (Wildman–Crippen LogP) is 2.25. The number of nitrogens with one attached hydrogen (secondary N) is 1. The van der Waals surface area contributed by atoms with Gasteiger partial charge in [0.1, 0.15) is 29.5 Å². The summed E-state index contributed by atoms with van der Waals surface area (Å²) in [5, 5.41) is 58.5. The van der Waals surface area contributed by atoms with Gasteiger partial charge in [0.15, 0.2) is 17.9 Å². The number of hydrogen-bond acceptors (Lipinski definition) is 12. The Bertz CT molecular complexity index is 1710. The van der Waals surface area contributed by atoms with Crippen molar-refractivity contribution in [3.8, 4) is 17.2 Å². The number of carbonyl (C=O) groups is 3. The summed E-state index contributed by atoms with van der Waals surface area (Å²) in [6, 6.07) is 13.5. The number of rotatable bonds is 8. The summed E-state index contributed by atoms with van der Waals surface area (Å²) in [7, 11) is 1.33. The van der Waals surface area contributed by atoms with Gasteiger partial charge in [0, 0.05) is 48.5 Å². The number of ketones is 3. The number of phenolic OH excluding ortho intramolecular Hbond substituents is 2. The maximum absolute atomic E-state index is 13.8. The molecule has 6 rings (SSSR count). The van der Waals surface area contributed by atoms with Crippen LogP contribution in [0.3, 0.4) is 0 Å². The molecule has 0 bridgehead atoms. The monoisotopic (exact) mass is 669 g/mol. The summed E-state index contributed by atoms with van der Waals surface area (Å²) < 4.78 is 17.5. The Hall–Kier alpha value is -3.88. The van der Waals surface area contributed by atoms with Crippen LogP contribution in [-0.4, -0.2) is 86.7 Å². The van der Waals surface area contributed by atoms with Gasteiger partial charge in [-0.1, -0.05) is 42.5 Å². The van der Waals surface area contributed by atoms with Gasteiger partial charge >= 0.3 is 0 Å². The molecule has 3 aromatic carbocycles. The van der Waals surface area contributed by atoms with Gasteiger partial charge < -0.3 is 45.1 Å². The first kappa shape index (κ1) is 34.5. The molecule has 6 atom stereocenters. The first-order chi connectivity index (χ1) is 22.0. The lowest BCUT2D eigenvalue weighted by Crippen LogP contribution is -2.54. The fourth-order valence-corrected chi connectivity index (χ4v) is 6.76. The van der Waals surface area contributed by atoms with Gasteiger partial charge in [0.2, 0.25) is 5.78 Å². The highest BCUT2D eigenvalue weighted by atomic mass is 35.5. The highest BCUT2D eigenvalue weighted by molar-refractivity contribution is 6.31. The number of methoxy groups -OCH3 is 1. The molecule has 0 spiro atoms. The van der Waals surface area contributed by atoms with Crippen molar-refractivity contribution in [1.29, 1.82) is 0 Å². The SMILES string of the molecule is COc1cccc2c1C(=O)c1c(O)c3c(c(O)c1C2=O)C[C@@](O)(C(=O)CO)C[C@@H]3O[C@H]1C[C@H](NCc2ccccc2)[C@H](O)[C@H](C)O1.Cl. The second kappa shape index (κ2) is 13.3. The lowest BCUT2D eigenvalue weighted by atomic mass is 9.72. The van der Waals surface area contributed by atoms with Crippen molar-refractivity contribution in [2.75, 3.05) is 13.7 Å². The number of ether oxygens (including phenoxy) is 3. The van der Waals surface area contributed by atoms with Crippen molar-refractivity contribution in [2.24, 2.45) is 0 Å². The number of benzene rings is 3. The number of hydrogen-bond donors (Lipinski definition) is 6. The van der Waals surface area contributed by atoms with Gasteiger partial charge in [-0.15, -0.1) is 12.4 Å². The first-order valence-electron chi connectivity index (χ1n) is 15.0. The zero-order valence-electron chi connectivity index (χ0n) is 25.6. The molecular weight excluding hydrogens is 634 g/mol. The van der Waals surface area contributed by atoms with Crippen LogP contribution in [0.2, 0.25) is 0 Å². The number of aliphatic hydroxyl groups is 3. The molecule has 2 aliphatic carbocycles. The molecule has 1 aliphatic heterocycles. The van der Waals surface area contributed by atoms with Gasteiger partial charge in [-0.3, -0.25) is 14.4 Å². The first-order valence-corrected chi connectivity index (χ1v) is 15.0. The van der Waals surface area contributed by atoms with E-state index < -0.39 is 95.7 Å². The largest absolute Gasteiger partial charge is 0.507 e. The lowest BCUT2D eigenvalue weighted by Gasteiger charge is -2.43. The minimum atomic E-state index is -2.25. The Morgan fingerprint density at radius 3 is 2.40 bits per heavy atom. The minimum Gasteiger partial charge on any atom is -0.507 e. The van der Waals surface area contributed by atoms with Crippen LogP contribution < -0.4 is 10.1 Å². The number of halogens is 1. The van der Waals surface area contributed by atoms with Gasteiger partial charge in [-0.2, -0.15) is 0 Å². The molecule has 0 aromatic heterocycles. The van der Waals surface area contributed by atoms with Gasteiger partial charge in [-0.25, -0.2) is 0 Å². The third-order valence-electron chi connectivity index (χ3n) is 9.17. The average molecular weight is 670 g/mol. The number of phenols is 2. The van der Waals surface area contributed by atoms with E-state index in [1.54, 1.807) is 6.92 Å². The zero-order valence-corrected chi connectivity index (χ0v) is 26.5. The second-order valence-electron chi connectivity index (χ2n) is 12.0. The summed E-state index contributed by atoms with van der Waals surface area (Å²) in [4.78, 5) is 40.3. The van der Waals surface area contributed by atoms with E-state index in [4.69, 9.17) is 14.2 Å². The van der Waals surface area contributed by atoms with E-state index >= 15 is 0 Å². The Balaban J connectivity index is 0.00000433. The summed E-state index contributed by atoms with van der Waals surface area (Å²) in [6.07, 6.45) is -4.90. The fraction of sp³-hybridized carbons (Fsp3) is 0.382. The van der Waals surface area contributed by atoms with E-state index in [9.17, 15) is 39.9 Å². The van der Waals surface area contributed by atoms with Crippen LogP contribution in [0.25, 0.3) is 0 Å². The van der Waals surface area contributed by atoms with Crippen molar-refractivity contribution in [3.63, 3.8) is 0 Å². The van der Waals surface area contributed by atoms with Crippen molar-refractivity contribution >= 4 is 29.8 Å². The molecule has 1 saturated heterocycles. The van der Waals surface area contributed by atoms with E-state index in [1.807, 2.05) is 30.3 Å². The Kier molecular flexibility index (Phi) is 9.76. The highest BCUT2D eigenvalue weighted by Gasteiger charge is 2.50. The number of carbonyl (C=O) groups excluding carboxylic acids is 3. The summed E-state index contributed by atoms with van der Waals surface area (Å²) in [6.45, 7) is 1.09. The quantitative estimate of drug-likeness (QED) is 0.150. The van der Waals surface area contributed by atoms with Crippen LogP contribution in [0.15, 0.2) is 48.5 Å². The molecular formula is C34H36ClNO11. The average Bonchev–Trinajstić information content (AvgIpc) is 3.05. The zero-order chi connectivity index (χ0) is 32.9. The molecule has 47 heavy (non-hydrogen) atoms. The molecule has 3 aliphatic rings. The number of fused-ring (bicyclic) bond motifs is 3. The normalized spacial score (nSPS) is 26.4. The molecule has 3 aromatic rings. The molecule has 1 heterocycles. The van der Waals surface area contributed by atoms with Crippen LogP contribution in [0.5, 0.6) is 17.2 Å². The van der Waals surface area contributed by atoms with E-state index in [0.717, 1.165) is 5.56 Å². The van der Waals surface area contributed by atoms with Crippen LogP contribution in [-0.2, 0) is 27.2 Å². The van der Waals surface area contributed by atoms with Crippen LogP contribution in [0.4, 0.5) is 0 Å². The van der Waals surface area contributed by atoms with Crippen molar-refractivity contribution in [2.45, 2.75) is 69.0 Å². The smallest absolute Gasteiger partial charge is 0.202 e. The summed E-state index contributed by atoms with van der Waals surface area (Å²) >= 11 is 0. The molecule has 0 unspecified atom stereocenters. The topological polar surface area (TPSA) is 192 Å². The van der Waals surface area contributed by atoms with E-state index in [-0.39, 0.29) is 46.8 Å². The van der Waals surface area contributed by atoms with Crippen LogP contribution in [0.1, 0.15) is 74.4 Å². The third-order valence-corrected chi connectivity index (χ3v) is 9.17. The van der Waals surface area contributed by atoms with E-state index in [1.165, 1.54) is 25.3 Å². The van der Waals surface area contributed by atoms with E-state index in [2.05, 4.69) is 5.32 Å². The lowest BCUT2D eigenvalue weighted by molar-refractivity contribution is -0.250. The molecule has 12 nitrogen and oxygen atoms in total. The maximum atomic E-state index is 13.8. The number of aliphatic hydroxyl groups excluding tert-OH is 2. The Labute approximate surface area is 276 Å². The fourth-order valence-electron chi connectivity index (χ4n) is 6.76. The van der Waals surface area contributed by atoms with Gasteiger partial charge in [0.25, 0.3) is 0 Å². The minimum absolute atomic E-state index is 0. The second-order valence-corrected chi connectivity index (χ2v) is 12.0. The molecule has 0 radical (unpaired) electrons. The third kappa shape index (κ3) is 5.91. The Morgan fingerprint density at radius 2 is 1.72 bits per heavy atom. The molecule has 6 N–H and O–H groups in total. The van der Waals surface area contributed by atoms with E-state index in [0.29, 0.717) is 6.54 Å². The molecule has 13 heteroatoms. The summed E-state index contributed by atoms with van der Waals surface area (Å²) in [5.74, 6) is -3.72. The van der Waals surface area contributed by atoms with Crippen LogP contribution >= 0.6 is 12.4 Å². The summed E-state index contributed by atoms with van der Waals surface area (Å²) in [5.41, 5.74) is -2.59. The molecule has 1 fully saturated rings. The highest BCUT2D eigenvalue weighted by Crippen LogP contribution is 2.52. The molecule has 0 saturated carbocycles. The molecule has 0 amide bonds. The van der Waals surface area contributed by atoms with Crippen molar-refractivity contribution in [1.82, 2.24) is 5.32 Å². The van der Waals surface area contributed by atoms with Gasteiger partial charge in [0.05, 0.1) is 42.1 Å². The maximum Gasteiger partial charge on any atom is 0.202 e. The Morgan fingerprint density at radius 1 is 1.02 bits per heavy atom. The number of aromatic hydroxyl groups is 2. The van der Waals surface area contributed by atoms with Crippen LogP contribution in [0, 0.1) is 0 Å². The predicted molar refractivity (Wildman–Crippen MR) is 168 cm³/mol. The standard InChI is InChI=1S/C34H35NO11.ClH/c1-16-29(38)20(35-14-17-7-4-3-5-8-17)11-24(45-16)46-22-13-34(43,23(37)15-36)12-19-26(22)33(42)28-27(31(19)40)30(39)18-9-6-10-21(44-2)25(18)32(28)41;/h3-10,16,20,22,24,29,35-36,38,40,42-43H,11-15H2,1-2H3;1H/t16-,20-,22-,24-,29+,34-;/m0./s1. The van der Waals surface area contributed by atoms with Crippen molar-refractivity contribution in [3.05, 3.63) is 87.5 Å². The van der Waals surface area contributed by atoms with Gasteiger partial charge in [-0.05, 0) is 18.6 Å². The van der Waals surface area contributed by atoms with Crippen molar-refractivity contribution < 1.29 is 54.1 Å². The number of Topliss-reactive ketones (excluding diaryl/α,β-unsaturated/α-hetero) is 1.